The average molecular weight is 531 g/mol. The first-order valence-corrected chi connectivity index (χ1v) is 12.8. The molecular formula is C24H23BrN2O3S2. The minimum atomic E-state index is -0.583. The molecule has 3 heterocycles. The van der Waals surface area contributed by atoms with Gasteiger partial charge in [0.05, 0.1) is 28.5 Å². The molecule has 4 rings (SSSR count). The Bertz CT molecular complexity index is 1380. The molecule has 1 aromatic carbocycles. The summed E-state index contributed by atoms with van der Waals surface area (Å²) in [4.78, 5) is 32.6. The summed E-state index contributed by atoms with van der Waals surface area (Å²) >= 11 is 6.41. The van der Waals surface area contributed by atoms with E-state index in [1.807, 2.05) is 29.7 Å². The molecule has 166 valence electrons. The number of hydrogen-bond donors (Lipinski definition) is 0. The normalized spacial score (nSPS) is 16.3. The van der Waals surface area contributed by atoms with Crippen molar-refractivity contribution in [2.75, 3.05) is 6.61 Å². The van der Waals surface area contributed by atoms with Gasteiger partial charge in [0.2, 0.25) is 0 Å². The van der Waals surface area contributed by atoms with Gasteiger partial charge in [-0.05, 0) is 64.3 Å². The van der Waals surface area contributed by atoms with Crippen LogP contribution >= 0.6 is 38.6 Å². The molecule has 0 radical (unpaired) electrons. The Kier molecular flexibility index (Phi) is 6.65. The third-order valence-electron chi connectivity index (χ3n) is 5.34. The largest absolute Gasteiger partial charge is 0.463 e. The first-order chi connectivity index (χ1) is 15.3. The fourth-order valence-electron chi connectivity index (χ4n) is 3.70. The van der Waals surface area contributed by atoms with E-state index >= 15 is 0 Å². The van der Waals surface area contributed by atoms with Gasteiger partial charge in [0, 0.05) is 9.35 Å². The zero-order chi connectivity index (χ0) is 23.0. The molecule has 0 spiro atoms. The maximum absolute atomic E-state index is 13.5. The number of hydrogen-bond acceptors (Lipinski definition) is 6. The van der Waals surface area contributed by atoms with Crippen LogP contribution in [0.4, 0.5) is 0 Å². The lowest BCUT2D eigenvalue weighted by Gasteiger charge is -2.25. The molecule has 0 saturated heterocycles. The number of fused-ring (bicyclic) bond motifs is 1. The van der Waals surface area contributed by atoms with E-state index in [0.717, 1.165) is 14.9 Å². The van der Waals surface area contributed by atoms with Gasteiger partial charge in [0.1, 0.15) is 0 Å². The van der Waals surface area contributed by atoms with Crippen molar-refractivity contribution in [2.24, 2.45) is 4.99 Å². The Balaban J connectivity index is 1.95. The zero-order valence-corrected chi connectivity index (χ0v) is 21.4. The number of nitrogens with zero attached hydrogens (tertiary/aromatic N) is 2. The van der Waals surface area contributed by atoms with Crippen molar-refractivity contribution in [3.8, 4) is 0 Å². The third kappa shape index (κ3) is 4.19. The number of esters is 1. The van der Waals surface area contributed by atoms with Crippen LogP contribution < -0.4 is 14.9 Å². The second-order valence-electron chi connectivity index (χ2n) is 7.76. The van der Waals surface area contributed by atoms with Crippen molar-refractivity contribution in [2.45, 2.75) is 39.7 Å². The maximum atomic E-state index is 13.5. The van der Waals surface area contributed by atoms with Crippen LogP contribution in [-0.2, 0) is 9.53 Å². The fourth-order valence-corrected chi connectivity index (χ4v) is 6.22. The van der Waals surface area contributed by atoms with Crippen LogP contribution in [0.3, 0.4) is 0 Å². The lowest BCUT2D eigenvalue weighted by atomic mass is 9.93. The van der Waals surface area contributed by atoms with E-state index in [-0.39, 0.29) is 12.2 Å². The number of halogens is 1. The molecule has 1 atom stereocenters. The van der Waals surface area contributed by atoms with Crippen LogP contribution in [0.5, 0.6) is 0 Å². The molecule has 0 aliphatic carbocycles. The van der Waals surface area contributed by atoms with Crippen LogP contribution in [0.1, 0.15) is 55.7 Å². The molecule has 0 N–H and O–H groups in total. The lowest BCUT2D eigenvalue weighted by molar-refractivity contribution is -0.139. The van der Waals surface area contributed by atoms with Gasteiger partial charge < -0.3 is 4.74 Å². The Hall–Kier alpha value is -2.29. The Morgan fingerprint density at radius 3 is 2.59 bits per heavy atom. The number of thiophene rings is 1. The number of aromatic nitrogens is 1. The molecule has 5 nitrogen and oxygen atoms in total. The summed E-state index contributed by atoms with van der Waals surface area (Å²) in [6.45, 7) is 8.10. The quantitative estimate of drug-likeness (QED) is 0.447. The number of carbonyl (C=O) groups is 1. The molecule has 0 amide bonds. The molecular weight excluding hydrogens is 508 g/mol. The second kappa shape index (κ2) is 9.29. The summed E-state index contributed by atoms with van der Waals surface area (Å²) in [7, 11) is 0. The number of ether oxygens (including phenoxy) is 1. The smallest absolute Gasteiger partial charge is 0.338 e. The van der Waals surface area contributed by atoms with Crippen molar-refractivity contribution >= 4 is 50.6 Å². The van der Waals surface area contributed by atoms with Crippen LogP contribution in [0.25, 0.3) is 6.08 Å². The number of rotatable bonds is 5. The molecule has 0 saturated carbocycles. The lowest BCUT2D eigenvalue weighted by Crippen LogP contribution is -2.39. The predicted octanol–water partition coefficient (Wildman–Crippen LogP) is 4.75. The monoisotopic (exact) mass is 530 g/mol. The van der Waals surface area contributed by atoms with E-state index in [9.17, 15) is 9.59 Å². The van der Waals surface area contributed by atoms with Gasteiger partial charge in [-0.25, -0.2) is 9.79 Å². The van der Waals surface area contributed by atoms with E-state index in [0.29, 0.717) is 26.5 Å². The van der Waals surface area contributed by atoms with E-state index < -0.39 is 12.0 Å². The number of thiazole rings is 1. The van der Waals surface area contributed by atoms with Gasteiger partial charge in [-0.2, -0.15) is 0 Å². The number of benzene rings is 1. The third-order valence-corrected chi connectivity index (χ3v) is 8.14. The van der Waals surface area contributed by atoms with Crippen molar-refractivity contribution in [1.82, 2.24) is 4.57 Å². The molecule has 2 aromatic heterocycles. The molecule has 32 heavy (non-hydrogen) atoms. The summed E-state index contributed by atoms with van der Waals surface area (Å²) < 4.78 is 8.49. The highest BCUT2D eigenvalue weighted by molar-refractivity contribution is 9.10. The number of allylic oxidation sites excluding steroid dienone is 1. The fraction of sp³-hybridized carbons (Fsp3) is 0.292. The topological polar surface area (TPSA) is 60.7 Å². The minimum absolute atomic E-state index is 0.165. The zero-order valence-electron chi connectivity index (χ0n) is 18.2. The van der Waals surface area contributed by atoms with Gasteiger partial charge in [-0.1, -0.05) is 49.4 Å². The molecule has 1 unspecified atom stereocenters. The highest BCUT2D eigenvalue weighted by Crippen LogP contribution is 2.31. The molecule has 1 aliphatic rings. The van der Waals surface area contributed by atoms with Crippen molar-refractivity contribution in [1.29, 1.82) is 0 Å². The highest BCUT2D eigenvalue weighted by Gasteiger charge is 2.33. The Labute approximate surface area is 202 Å². The van der Waals surface area contributed by atoms with Crippen LogP contribution in [0, 0.1) is 0 Å². The van der Waals surface area contributed by atoms with Crippen LogP contribution in [0.2, 0.25) is 0 Å². The highest BCUT2D eigenvalue weighted by atomic mass is 79.9. The average Bonchev–Trinajstić information content (AvgIpc) is 3.30. The number of carbonyl (C=O) groups excluding carboxylic acids is 1. The van der Waals surface area contributed by atoms with E-state index in [1.54, 1.807) is 29.8 Å². The molecule has 1 aliphatic heterocycles. The first kappa shape index (κ1) is 22.9. The second-order valence-corrected chi connectivity index (χ2v) is 10.6. The van der Waals surface area contributed by atoms with Gasteiger partial charge in [-0.3, -0.25) is 9.36 Å². The van der Waals surface area contributed by atoms with Crippen molar-refractivity contribution in [3.05, 3.63) is 87.1 Å². The minimum Gasteiger partial charge on any atom is -0.463 e. The Morgan fingerprint density at radius 1 is 1.28 bits per heavy atom. The van der Waals surface area contributed by atoms with Crippen molar-refractivity contribution in [3.63, 3.8) is 0 Å². The van der Waals surface area contributed by atoms with E-state index in [4.69, 9.17) is 4.74 Å². The summed E-state index contributed by atoms with van der Waals surface area (Å²) in [6.07, 6.45) is 1.88. The van der Waals surface area contributed by atoms with E-state index in [1.165, 1.54) is 16.9 Å². The standard InChI is InChI=1S/C24H23BrN2O3S2/c1-5-30-23(29)20-14(4)26-24-27(21(20)16-8-6-15(7-9-16)13(2)3)22(28)19(32-24)12-18-17(25)10-11-31-18/h6-13,21H,5H2,1-4H3. The summed E-state index contributed by atoms with van der Waals surface area (Å²) in [5.41, 5.74) is 2.87. The first-order valence-electron chi connectivity index (χ1n) is 10.3. The van der Waals surface area contributed by atoms with Gasteiger partial charge in [0.25, 0.3) is 5.56 Å². The van der Waals surface area contributed by atoms with Crippen LogP contribution in [0.15, 0.2) is 61.2 Å². The van der Waals surface area contributed by atoms with Gasteiger partial charge in [0.15, 0.2) is 4.80 Å². The van der Waals surface area contributed by atoms with Crippen molar-refractivity contribution < 1.29 is 9.53 Å². The molecule has 0 bridgehead atoms. The molecule has 8 heteroatoms. The maximum Gasteiger partial charge on any atom is 0.338 e. The summed E-state index contributed by atoms with van der Waals surface area (Å²) in [5, 5.41) is 1.97. The molecule has 3 aromatic rings. The SMILES string of the molecule is CCOC(=O)C1=C(C)N=c2sc(=Cc3sccc3Br)c(=O)n2C1c1ccc(C(C)C)cc1. The van der Waals surface area contributed by atoms with E-state index in [2.05, 4.69) is 46.9 Å². The van der Waals surface area contributed by atoms with Gasteiger partial charge >= 0.3 is 5.97 Å². The summed E-state index contributed by atoms with van der Waals surface area (Å²) in [5.74, 6) is -0.0564. The van der Waals surface area contributed by atoms with Crippen LogP contribution in [-0.4, -0.2) is 17.1 Å². The molecule has 0 fully saturated rings. The predicted molar refractivity (Wildman–Crippen MR) is 133 cm³/mol. The Morgan fingerprint density at radius 2 is 2.00 bits per heavy atom. The summed E-state index contributed by atoms with van der Waals surface area (Å²) in [6, 6.07) is 9.46. The van der Waals surface area contributed by atoms with Gasteiger partial charge in [-0.15, -0.1) is 11.3 Å².